The molecular weight excluding hydrogens is 2080 g/mol. The number of rotatable bonds is 18. The first-order chi connectivity index (χ1) is 70.0. The van der Waals surface area contributed by atoms with Crippen molar-refractivity contribution in [1.82, 2.24) is 0 Å². The molecule has 0 aliphatic heterocycles. The summed E-state index contributed by atoms with van der Waals surface area (Å²) < 4.78 is 196. The summed E-state index contributed by atoms with van der Waals surface area (Å²) in [6.45, 7) is 0. The van der Waals surface area contributed by atoms with E-state index >= 15 is 0 Å². The maximum Gasteiger partial charge on any atom is 0.296 e. The smallest absolute Gasteiger partial charge is 0.296 e. The average Bonchev–Trinajstić information content (AvgIpc) is 0.745. The van der Waals surface area contributed by atoms with Crippen molar-refractivity contribution in [2.75, 3.05) is 76.6 Å². The van der Waals surface area contributed by atoms with Gasteiger partial charge in [-0.25, -0.2) is 4.39 Å². The van der Waals surface area contributed by atoms with Crippen molar-refractivity contribution in [3.8, 4) is 17.2 Å². The molecule has 0 heterocycles. The van der Waals surface area contributed by atoms with Gasteiger partial charge < -0.3 is 69.5 Å². The normalized spacial score (nSPS) is 12.9. The van der Waals surface area contributed by atoms with E-state index in [1.54, 1.807) is 158 Å². The molecule has 0 unspecified atom stereocenters. The number of ketones is 10. The third kappa shape index (κ3) is 19.8. The topological polar surface area (TPSA) is 660 Å². The summed E-state index contributed by atoms with van der Waals surface area (Å²) in [6, 6.07) is 68.1. The second-order valence-electron chi connectivity index (χ2n) is 32.6. The van der Waals surface area contributed by atoms with Crippen molar-refractivity contribution in [3.63, 3.8) is 0 Å². The number of hydrogen-bond donors (Lipinski definition) is 15. The number of hydrogen-bond acceptors (Lipinski definition) is 33. The molecule has 0 radical (unpaired) electrons. The highest BCUT2D eigenvalue weighted by atomic mass is 79.9. The lowest BCUT2D eigenvalue weighted by Gasteiger charge is -2.24. The number of ether oxygens (including phenoxy) is 3. The van der Waals surface area contributed by atoms with Crippen LogP contribution in [-0.4, -0.2) is 144 Å². The summed E-state index contributed by atoms with van der Waals surface area (Å²) in [4.78, 5) is 128. The Balaban J connectivity index is 0.000000132. The van der Waals surface area contributed by atoms with Crippen molar-refractivity contribution in [1.29, 1.82) is 0 Å². The molecule has 0 saturated carbocycles. The van der Waals surface area contributed by atoms with E-state index in [0.717, 1.165) is 46.9 Å². The molecule has 0 saturated heterocycles. The van der Waals surface area contributed by atoms with Gasteiger partial charge in [0, 0.05) is 88.9 Å². The maximum absolute atomic E-state index is 13.2. The summed E-state index contributed by atoms with van der Waals surface area (Å²) >= 11 is 3.33. The lowest BCUT2D eigenvalue weighted by molar-refractivity contribution is 0.0980. The number of para-hydroxylation sites is 2. The Kier molecular flexibility index (Phi) is 28.0. The van der Waals surface area contributed by atoms with Crippen LogP contribution in [0.15, 0.2) is 302 Å². The molecule has 748 valence electrons. The molecule has 5 aliphatic carbocycles. The third-order valence-electron chi connectivity index (χ3n) is 23.7. The molecule has 38 nitrogen and oxygen atoms in total. The molecule has 0 aromatic heterocycles. The van der Waals surface area contributed by atoms with Crippen LogP contribution in [-0.2, 0) is 50.6 Å². The Morgan fingerprint density at radius 2 is 0.466 bits per heavy atom. The molecule has 5 aliphatic rings. The third-order valence-corrected chi connectivity index (χ3v) is 28.7. The van der Waals surface area contributed by atoms with Crippen molar-refractivity contribution < 1.29 is 131 Å². The van der Waals surface area contributed by atoms with Crippen molar-refractivity contribution in [3.05, 3.63) is 395 Å². The Hall–Kier alpha value is -17.6. The Morgan fingerprint density at radius 1 is 0.236 bits per heavy atom. The predicted molar refractivity (Wildman–Crippen MR) is 546 cm³/mol. The van der Waals surface area contributed by atoms with Gasteiger partial charge in [-0.1, -0.05) is 162 Å². The van der Waals surface area contributed by atoms with Crippen LogP contribution in [0, 0.1) is 5.82 Å². The largest absolute Gasteiger partial charge is 0.497 e. The minimum absolute atomic E-state index is 0.00387. The van der Waals surface area contributed by atoms with Crippen molar-refractivity contribution in [2.45, 2.75) is 24.5 Å². The zero-order valence-electron chi connectivity index (χ0n) is 76.3. The van der Waals surface area contributed by atoms with Gasteiger partial charge >= 0.3 is 0 Å². The number of anilines is 15. The fourth-order valence-electron chi connectivity index (χ4n) is 17.0. The van der Waals surface area contributed by atoms with Crippen LogP contribution in [0.5, 0.6) is 17.2 Å². The van der Waals surface area contributed by atoms with Gasteiger partial charge in [0.05, 0.1) is 140 Å². The standard InChI is InChI=1S/3C21H16N2O6S.C20H13BrN2O5S.C20H13FN2O5S/c1-29-12-6-4-5-11(9-12)23-15-10-16(30(26,27)28)19(22)18-17(15)20(24)13-7-2-3-8-14(13)21(18)25;1-29-15-9-5-4-8-13(15)23-14-10-16(30(26,27)28)19(22)18-17(14)20(24)11-6-2-3-7-12(11)21(18)25;1-29-12-8-6-11(7-9-12)23-15-10-16(30(26,27)28)19(22)18-17(15)20(24)13-4-2-3-5-14(13)21(18)25;21-10-4-3-5-11(8-10)23-14-9-15(29(26,27)28)18(22)17-16(14)19(24)12-6-1-2-7-13(12)20(17)25;21-10-5-7-11(8-6-10)23-14-9-15(29(26,27)28)18(22)17-16(14)19(24)12-3-1-2-4-13(12)20(17)25/h3*2-10,23H,22H2,1H3,(H,26,27,28);2*1-9,23H,22H2,(H,26,27,28). The second-order valence-corrected chi connectivity index (χ2v) is 40.5. The van der Waals surface area contributed by atoms with Crippen LogP contribution in [0.25, 0.3) is 0 Å². The van der Waals surface area contributed by atoms with Gasteiger partial charge in [0.1, 0.15) is 47.5 Å². The molecule has 0 spiro atoms. The quantitative estimate of drug-likeness (QED) is 0.0280. The van der Waals surface area contributed by atoms with E-state index in [0.29, 0.717) is 45.7 Å². The Bertz CT molecular complexity index is 8990. The number of carbonyl (C=O) groups excluding carboxylic acids is 10. The van der Waals surface area contributed by atoms with Crippen LogP contribution in [0.1, 0.15) is 159 Å². The number of carbonyl (C=O) groups is 10. The van der Waals surface area contributed by atoms with E-state index < -0.39 is 167 Å². The highest BCUT2D eigenvalue weighted by Crippen LogP contribution is 2.48. The number of nitrogens with one attached hydrogen (secondary N) is 5. The fraction of sp³-hybridized carbons (Fsp3) is 0.0291. The highest BCUT2D eigenvalue weighted by molar-refractivity contribution is 9.10. The minimum Gasteiger partial charge on any atom is -0.497 e. The molecule has 0 fully saturated rings. The van der Waals surface area contributed by atoms with Crippen molar-refractivity contribution in [2.24, 2.45) is 0 Å². The predicted octanol–water partition coefficient (Wildman–Crippen LogP) is 16.1. The summed E-state index contributed by atoms with van der Waals surface area (Å²) in [7, 11) is -19.4. The van der Waals surface area contributed by atoms with Crippen LogP contribution >= 0.6 is 15.9 Å². The lowest BCUT2D eigenvalue weighted by atomic mass is 9.82. The molecule has 0 bridgehead atoms. The maximum atomic E-state index is 13.2. The van der Waals surface area contributed by atoms with Gasteiger partial charge in [0.25, 0.3) is 50.6 Å². The summed E-state index contributed by atoms with van der Waals surface area (Å²) in [6.07, 6.45) is 0. The van der Waals surface area contributed by atoms with E-state index in [9.17, 15) is 117 Å². The van der Waals surface area contributed by atoms with Gasteiger partial charge in [-0.2, -0.15) is 42.1 Å². The van der Waals surface area contributed by atoms with Gasteiger partial charge in [0.15, 0.2) is 57.8 Å². The Labute approximate surface area is 848 Å². The van der Waals surface area contributed by atoms with E-state index in [1.807, 2.05) is 0 Å². The molecular formula is C103H74BrFN10O28S5. The first-order valence-electron chi connectivity index (χ1n) is 42.9. The van der Waals surface area contributed by atoms with E-state index in [1.165, 1.54) is 94.1 Å². The first-order valence-corrected chi connectivity index (χ1v) is 50.9. The zero-order valence-corrected chi connectivity index (χ0v) is 82.0. The van der Waals surface area contributed by atoms with E-state index in [2.05, 4.69) is 42.5 Å². The number of benzene rings is 15. The van der Waals surface area contributed by atoms with Crippen LogP contribution in [0.3, 0.4) is 0 Å². The van der Waals surface area contributed by atoms with Crippen LogP contribution in [0.4, 0.5) is 89.7 Å². The number of nitrogens with two attached hydrogens (primary N) is 5. The average molecular weight is 2160 g/mol. The number of nitrogen functional groups attached to an aromatic ring is 5. The molecule has 0 amide bonds. The van der Waals surface area contributed by atoms with Gasteiger partial charge in [-0.3, -0.25) is 70.7 Å². The Morgan fingerprint density at radius 3 is 0.723 bits per heavy atom. The second kappa shape index (κ2) is 40.2. The van der Waals surface area contributed by atoms with E-state index in [4.69, 9.17) is 42.9 Å². The number of halogens is 2. The van der Waals surface area contributed by atoms with Gasteiger partial charge in [-0.15, -0.1) is 0 Å². The van der Waals surface area contributed by atoms with Gasteiger partial charge in [0.2, 0.25) is 0 Å². The summed E-state index contributed by atoms with van der Waals surface area (Å²) in [5, 5.41) is 14.6. The van der Waals surface area contributed by atoms with Crippen LogP contribution < -0.4 is 69.5 Å². The minimum atomic E-state index is -4.80. The summed E-state index contributed by atoms with van der Waals surface area (Å²) in [5.41, 5.74) is 29.3. The molecule has 45 heteroatoms. The molecule has 15 aromatic carbocycles. The van der Waals surface area contributed by atoms with Gasteiger partial charge in [-0.05, 0) is 121 Å². The van der Waals surface area contributed by atoms with Crippen molar-refractivity contribution >= 4 is 210 Å². The highest BCUT2D eigenvalue weighted by Gasteiger charge is 2.44. The molecule has 20 N–H and O–H groups in total. The molecule has 148 heavy (non-hydrogen) atoms. The monoisotopic (exact) mass is 2160 g/mol. The SMILES string of the molecule is COc1ccc(Nc2cc(S(=O)(=O)O)c(N)c3c2C(=O)c2ccccc2C3=O)cc1.COc1cccc(Nc2cc(S(=O)(=O)O)c(N)c3c2C(=O)c2ccccc2C3=O)c1.COc1ccccc1Nc1cc(S(=O)(=O)O)c(N)c2c1C(=O)c1ccccc1C2=O.Nc1c(S(=O)(=O)O)cc(Nc2ccc(F)cc2)c2c1C(=O)c1ccccc1C2=O.Nc1c(S(=O)(=O)O)cc(Nc2cccc(Br)c2)c2c1C(=O)c1ccccc1C2=O. The molecule has 15 aromatic rings. The fourth-order valence-corrected chi connectivity index (χ4v) is 20.7. The van der Waals surface area contributed by atoms with Crippen LogP contribution in [0.2, 0.25) is 0 Å². The molecule has 20 rings (SSSR count). The number of fused-ring (bicyclic) bond motifs is 10. The summed E-state index contributed by atoms with van der Waals surface area (Å²) in [5.74, 6) is -4.45. The molecule has 0 atom stereocenters. The zero-order chi connectivity index (χ0) is 107. The number of methoxy groups -OCH3 is 3. The lowest BCUT2D eigenvalue weighted by Crippen LogP contribution is -2.25. The first kappa shape index (κ1) is 103. The van der Waals surface area contributed by atoms with E-state index in [-0.39, 0.29) is 140 Å².